The lowest BCUT2D eigenvalue weighted by atomic mass is 9.94. The summed E-state index contributed by atoms with van der Waals surface area (Å²) in [5.41, 5.74) is 1.90. The van der Waals surface area contributed by atoms with E-state index >= 15 is 0 Å². The molecule has 0 spiro atoms. The van der Waals surface area contributed by atoms with Crippen LogP contribution in [0.4, 0.5) is 13.2 Å². The topological polar surface area (TPSA) is 57.9 Å². The molecule has 0 N–H and O–H groups in total. The smallest absolute Gasteiger partial charge is 0.460 e. The Kier molecular flexibility index (Phi) is 9.40. The second kappa shape index (κ2) is 11.8. The van der Waals surface area contributed by atoms with Crippen molar-refractivity contribution >= 4 is 17.5 Å². The number of halogens is 3. The fourth-order valence-electron chi connectivity index (χ4n) is 3.35. The zero-order valence-electron chi connectivity index (χ0n) is 19.4. The van der Waals surface area contributed by atoms with Crippen LogP contribution in [0.25, 0.3) is 22.5 Å². The number of aryl methyl sites for hydroxylation is 2. The van der Waals surface area contributed by atoms with Crippen molar-refractivity contribution in [3.05, 3.63) is 75.6 Å². The number of alkyl halides is 3. The van der Waals surface area contributed by atoms with Gasteiger partial charge < -0.3 is 13.9 Å². The van der Waals surface area contributed by atoms with Crippen molar-refractivity contribution in [3.8, 4) is 28.2 Å². The maximum atomic E-state index is 13.0. The molecule has 0 saturated heterocycles. The maximum absolute atomic E-state index is 13.0. The highest BCUT2D eigenvalue weighted by atomic mass is 32.1. The van der Waals surface area contributed by atoms with Crippen LogP contribution in [0.5, 0.6) is 5.75 Å². The SMILES string of the molecule is CC.COC(=S)Oc1cc(-c2ccccc2)oc(=O)c1-c1c(C)cc(COC(F)(F)F)cc1C. The molecule has 34 heavy (non-hydrogen) atoms. The van der Waals surface area contributed by atoms with E-state index < -0.39 is 18.6 Å². The molecule has 0 atom stereocenters. The van der Waals surface area contributed by atoms with Crippen LogP contribution < -0.4 is 10.4 Å². The lowest BCUT2D eigenvalue weighted by molar-refractivity contribution is -0.330. The average molecular weight is 495 g/mol. The molecule has 3 rings (SSSR count). The summed E-state index contributed by atoms with van der Waals surface area (Å²) in [6, 6.07) is 13.5. The first-order valence-corrected chi connectivity index (χ1v) is 10.8. The molecule has 0 radical (unpaired) electrons. The lowest BCUT2D eigenvalue weighted by Gasteiger charge is -2.16. The Hall–Kier alpha value is -3.17. The molecule has 2 aromatic carbocycles. The highest BCUT2D eigenvalue weighted by Crippen LogP contribution is 2.36. The molecular weight excluding hydrogens is 469 g/mol. The zero-order valence-corrected chi connectivity index (χ0v) is 20.2. The van der Waals surface area contributed by atoms with E-state index in [0.29, 0.717) is 27.8 Å². The Morgan fingerprint density at radius 1 is 1.00 bits per heavy atom. The Balaban J connectivity index is 0.00000199. The van der Waals surface area contributed by atoms with Gasteiger partial charge >= 0.3 is 17.2 Å². The van der Waals surface area contributed by atoms with E-state index in [4.69, 9.17) is 26.1 Å². The first kappa shape index (κ1) is 27.1. The Bertz CT molecular complexity index is 1160. The monoisotopic (exact) mass is 494 g/mol. The second-order valence-electron chi connectivity index (χ2n) is 6.90. The van der Waals surface area contributed by atoms with Gasteiger partial charge in [-0.1, -0.05) is 56.3 Å². The molecule has 0 amide bonds. The van der Waals surface area contributed by atoms with E-state index in [1.54, 1.807) is 38.1 Å². The van der Waals surface area contributed by atoms with Crippen LogP contribution in [-0.2, 0) is 16.1 Å². The van der Waals surface area contributed by atoms with Gasteiger partial charge in [0.05, 0.1) is 13.7 Å². The summed E-state index contributed by atoms with van der Waals surface area (Å²) >= 11 is 5.01. The van der Waals surface area contributed by atoms with E-state index in [0.717, 1.165) is 0 Å². The van der Waals surface area contributed by atoms with Gasteiger partial charge in [0.1, 0.15) is 11.3 Å². The molecule has 5 nitrogen and oxygen atoms in total. The van der Waals surface area contributed by atoms with Crippen molar-refractivity contribution in [2.24, 2.45) is 0 Å². The second-order valence-corrected chi connectivity index (χ2v) is 7.23. The van der Waals surface area contributed by atoms with Crippen molar-refractivity contribution in [2.75, 3.05) is 7.11 Å². The van der Waals surface area contributed by atoms with Crippen LogP contribution in [-0.4, -0.2) is 18.7 Å². The molecule has 0 aliphatic heterocycles. The van der Waals surface area contributed by atoms with Gasteiger partial charge in [-0.05, 0) is 36.1 Å². The van der Waals surface area contributed by atoms with Gasteiger partial charge in [0.25, 0.3) is 0 Å². The number of rotatable bonds is 5. The van der Waals surface area contributed by atoms with E-state index in [-0.39, 0.29) is 22.3 Å². The minimum absolute atomic E-state index is 0.0855. The molecule has 0 saturated carbocycles. The van der Waals surface area contributed by atoms with Crippen LogP contribution in [0.1, 0.15) is 30.5 Å². The standard InChI is InChI=1S/C23H19F3O5S.C2H6/c1-13-9-15(12-29-23(24,25)26)10-14(2)19(13)20-18(31-22(32)28-3)11-17(30-21(20)27)16-7-5-4-6-8-16;1-2/h4-11H,12H2,1-3H3;1-2H3. The van der Waals surface area contributed by atoms with Crippen LogP contribution in [0.3, 0.4) is 0 Å². The molecule has 9 heteroatoms. The van der Waals surface area contributed by atoms with Gasteiger partial charge in [-0.2, -0.15) is 0 Å². The molecule has 1 heterocycles. The third-order valence-corrected chi connectivity index (χ3v) is 4.83. The molecule has 0 aliphatic rings. The summed E-state index contributed by atoms with van der Waals surface area (Å²) in [4.78, 5) is 13.0. The van der Waals surface area contributed by atoms with Gasteiger partial charge in [0, 0.05) is 23.8 Å². The number of benzene rings is 2. The van der Waals surface area contributed by atoms with Crippen molar-refractivity contribution < 1.29 is 31.8 Å². The van der Waals surface area contributed by atoms with Crippen molar-refractivity contribution in [3.63, 3.8) is 0 Å². The normalized spacial score (nSPS) is 10.8. The summed E-state index contributed by atoms with van der Waals surface area (Å²) in [5, 5.41) is -0.207. The van der Waals surface area contributed by atoms with Crippen LogP contribution in [0.15, 0.2) is 57.7 Å². The maximum Gasteiger partial charge on any atom is 0.522 e. The van der Waals surface area contributed by atoms with Crippen molar-refractivity contribution in [1.29, 1.82) is 0 Å². The van der Waals surface area contributed by atoms with Crippen LogP contribution in [0, 0.1) is 13.8 Å². The number of thiocarbonyl (C=S) groups is 1. The first-order valence-electron chi connectivity index (χ1n) is 10.4. The minimum Gasteiger partial charge on any atom is -0.460 e. The van der Waals surface area contributed by atoms with E-state index in [1.807, 2.05) is 19.9 Å². The van der Waals surface area contributed by atoms with E-state index in [1.165, 1.54) is 25.3 Å². The first-order chi connectivity index (χ1) is 16.1. The lowest BCUT2D eigenvalue weighted by Crippen LogP contribution is -2.14. The summed E-state index contributed by atoms with van der Waals surface area (Å²) in [7, 11) is 1.33. The molecule has 1 aromatic heterocycles. The van der Waals surface area contributed by atoms with E-state index in [2.05, 4.69) is 4.74 Å². The van der Waals surface area contributed by atoms with Gasteiger partial charge in [-0.15, -0.1) is 13.2 Å². The van der Waals surface area contributed by atoms with Crippen LogP contribution in [0.2, 0.25) is 0 Å². The minimum atomic E-state index is -4.74. The van der Waals surface area contributed by atoms with E-state index in [9.17, 15) is 18.0 Å². The third-order valence-electron chi connectivity index (χ3n) is 4.58. The predicted octanol–water partition coefficient (Wildman–Crippen LogP) is 6.96. The Morgan fingerprint density at radius 2 is 1.59 bits per heavy atom. The number of ether oxygens (including phenoxy) is 3. The molecular formula is C25H25F3O5S. The Morgan fingerprint density at radius 3 is 2.12 bits per heavy atom. The quantitative estimate of drug-likeness (QED) is 0.357. The highest BCUT2D eigenvalue weighted by molar-refractivity contribution is 7.79. The molecule has 182 valence electrons. The summed E-state index contributed by atoms with van der Waals surface area (Å²) in [6.45, 7) is 6.69. The van der Waals surface area contributed by atoms with Gasteiger partial charge in [-0.3, -0.25) is 4.74 Å². The zero-order chi connectivity index (χ0) is 25.5. The average Bonchev–Trinajstić information content (AvgIpc) is 2.80. The summed E-state index contributed by atoms with van der Waals surface area (Å²) in [6.07, 6.45) is -4.74. The molecule has 0 bridgehead atoms. The third kappa shape index (κ3) is 6.91. The van der Waals surface area contributed by atoms with Gasteiger partial charge in [-0.25, -0.2) is 4.79 Å². The van der Waals surface area contributed by atoms with Crippen LogP contribution >= 0.6 is 12.2 Å². The summed E-state index contributed by atoms with van der Waals surface area (Å²) < 4.78 is 57.2. The fraction of sp³-hybridized carbons (Fsp3) is 0.280. The predicted molar refractivity (Wildman–Crippen MR) is 128 cm³/mol. The molecule has 3 aromatic rings. The fourth-order valence-corrected chi connectivity index (χ4v) is 3.44. The number of hydrogen-bond donors (Lipinski definition) is 0. The van der Waals surface area contributed by atoms with Gasteiger partial charge in [0.15, 0.2) is 5.75 Å². The summed E-state index contributed by atoms with van der Waals surface area (Å²) in [5.74, 6) is 0.371. The van der Waals surface area contributed by atoms with Gasteiger partial charge in [0.2, 0.25) is 0 Å². The van der Waals surface area contributed by atoms with Crippen molar-refractivity contribution in [2.45, 2.75) is 40.7 Å². The Labute approximate surface area is 201 Å². The molecule has 0 fully saturated rings. The number of methoxy groups -OCH3 is 1. The van der Waals surface area contributed by atoms with Crippen molar-refractivity contribution in [1.82, 2.24) is 0 Å². The molecule has 0 unspecified atom stereocenters. The largest absolute Gasteiger partial charge is 0.522 e. The number of hydrogen-bond acceptors (Lipinski definition) is 6. The molecule has 0 aliphatic carbocycles. The highest BCUT2D eigenvalue weighted by Gasteiger charge is 2.29.